The number of aromatic hydroxyl groups is 1. The van der Waals surface area contributed by atoms with Crippen LogP contribution in [0.4, 0.5) is 4.39 Å². The van der Waals surface area contributed by atoms with Crippen molar-refractivity contribution in [2.75, 3.05) is 13.1 Å². The lowest BCUT2D eigenvalue weighted by atomic mass is 10.0. The Bertz CT molecular complexity index is 1130. The number of benzene rings is 1. The number of amides is 2. The van der Waals surface area contributed by atoms with Gasteiger partial charge in [0.25, 0.3) is 11.8 Å². The van der Waals surface area contributed by atoms with Gasteiger partial charge < -0.3 is 19.5 Å². The van der Waals surface area contributed by atoms with Crippen LogP contribution in [0.1, 0.15) is 53.6 Å². The molecule has 1 saturated heterocycles. The van der Waals surface area contributed by atoms with E-state index in [2.05, 4.69) is 5.32 Å². The van der Waals surface area contributed by atoms with Gasteiger partial charge in [-0.2, -0.15) is 0 Å². The molecule has 0 spiro atoms. The van der Waals surface area contributed by atoms with Gasteiger partial charge in [0, 0.05) is 25.3 Å². The molecular weight excluding hydrogens is 427 g/mol. The molecule has 2 atom stereocenters. The van der Waals surface area contributed by atoms with E-state index in [9.17, 15) is 23.9 Å². The Morgan fingerprint density at radius 1 is 1.27 bits per heavy atom. The van der Waals surface area contributed by atoms with Crippen molar-refractivity contribution in [1.29, 1.82) is 0 Å². The van der Waals surface area contributed by atoms with Crippen LogP contribution in [0, 0.1) is 11.7 Å². The summed E-state index contributed by atoms with van der Waals surface area (Å²) in [7, 11) is 0. The Kier molecular flexibility index (Phi) is 6.25. The first-order valence-corrected chi connectivity index (χ1v) is 11.2. The zero-order chi connectivity index (χ0) is 23.9. The summed E-state index contributed by atoms with van der Waals surface area (Å²) in [6, 6.07) is 5.81. The summed E-state index contributed by atoms with van der Waals surface area (Å²) in [4.78, 5) is 42.7. The largest absolute Gasteiger partial charge is 0.503 e. The lowest BCUT2D eigenvalue weighted by molar-refractivity contribution is 0.0301. The number of aromatic nitrogens is 1. The van der Waals surface area contributed by atoms with Gasteiger partial charge in [-0.25, -0.2) is 4.39 Å². The summed E-state index contributed by atoms with van der Waals surface area (Å²) in [6.45, 7) is 7.47. The van der Waals surface area contributed by atoms with E-state index in [1.807, 2.05) is 20.8 Å². The zero-order valence-corrected chi connectivity index (χ0v) is 19.0. The lowest BCUT2D eigenvalue weighted by Gasteiger charge is -2.45. The van der Waals surface area contributed by atoms with Gasteiger partial charge in [0.1, 0.15) is 17.5 Å². The van der Waals surface area contributed by atoms with Crippen molar-refractivity contribution in [1.82, 2.24) is 19.7 Å². The molecule has 2 amide bonds. The SMILES string of the molecule is CC(C)CN(Cc1ccc(F)cc1)C(=O)c1cn2c(c(O)c1=O)C(=O)N1[C@@H](C)CCN[C@@H]1C2. The fourth-order valence-electron chi connectivity index (χ4n) is 4.62. The monoisotopic (exact) mass is 456 g/mol. The van der Waals surface area contributed by atoms with E-state index < -0.39 is 23.0 Å². The summed E-state index contributed by atoms with van der Waals surface area (Å²) >= 11 is 0. The number of hydrogen-bond donors (Lipinski definition) is 2. The minimum Gasteiger partial charge on any atom is -0.503 e. The second-order valence-electron chi connectivity index (χ2n) is 9.25. The van der Waals surface area contributed by atoms with Crippen molar-refractivity contribution < 1.29 is 19.1 Å². The molecule has 2 aromatic rings. The Labute approximate surface area is 191 Å². The first-order chi connectivity index (χ1) is 15.7. The molecule has 0 saturated carbocycles. The van der Waals surface area contributed by atoms with Crippen LogP contribution in [0.15, 0.2) is 35.3 Å². The zero-order valence-electron chi connectivity index (χ0n) is 19.0. The fourth-order valence-corrected chi connectivity index (χ4v) is 4.62. The molecule has 2 aliphatic rings. The van der Waals surface area contributed by atoms with Crippen LogP contribution in [0.25, 0.3) is 0 Å². The molecule has 2 aliphatic heterocycles. The van der Waals surface area contributed by atoms with Crippen LogP contribution >= 0.6 is 0 Å². The number of nitrogens with zero attached hydrogens (tertiary/aromatic N) is 3. The summed E-state index contributed by atoms with van der Waals surface area (Å²) in [5, 5.41) is 14.0. The average molecular weight is 457 g/mol. The fraction of sp³-hybridized carbons (Fsp3) is 0.458. The quantitative estimate of drug-likeness (QED) is 0.719. The minimum absolute atomic E-state index is 0.0226. The predicted octanol–water partition coefficient (Wildman–Crippen LogP) is 2.16. The Balaban J connectivity index is 1.71. The molecule has 1 aromatic carbocycles. The molecule has 4 rings (SSSR count). The minimum atomic E-state index is -0.858. The summed E-state index contributed by atoms with van der Waals surface area (Å²) < 4.78 is 14.8. The number of fused-ring (bicyclic) bond motifs is 2. The van der Waals surface area contributed by atoms with Gasteiger partial charge in [0.2, 0.25) is 5.43 Å². The van der Waals surface area contributed by atoms with Gasteiger partial charge in [0.15, 0.2) is 11.4 Å². The van der Waals surface area contributed by atoms with Gasteiger partial charge >= 0.3 is 0 Å². The van der Waals surface area contributed by atoms with Crippen LogP contribution in [0.3, 0.4) is 0 Å². The van der Waals surface area contributed by atoms with Crippen molar-refractivity contribution in [3.8, 4) is 5.75 Å². The topological polar surface area (TPSA) is 94.9 Å². The highest BCUT2D eigenvalue weighted by Crippen LogP contribution is 2.27. The van der Waals surface area contributed by atoms with Gasteiger partial charge in [-0.3, -0.25) is 19.7 Å². The van der Waals surface area contributed by atoms with E-state index in [0.29, 0.717) is 13.1 Å². The third kappa shape index (κ3) is 4.37. The second kappa shape index (κ2) is 8.97. The number of carbonyl (C=O) groups is 2. The maximum absolute atomic E-state index is 13.4. The van der Waals surface area contributed by atoms with Crippen LogP contribution in [-0.4, -0.2) is 56.6 Å². The molecule has 0 radical (unpaired) electrons. The van der Waals surface area contributed by atoms with Gasteiger partial charge in [0.05, 0.1) is 6.54 Å². The third-order valence-electron chi connectivity index (χ3n) is 6.21. The van der Waals surface area contributed by atoms with E-state index in [-0.39, 0.29) is 41.7 Å². The predicted molar refractivity (Wildman–Crippen MR) is 120 cm³/mol. The maximum atomic E-state index is 13.4. The molecule has 3 heterocycles. The molecule has 176 valence electrons. The molecule has 9 heteroatoms. The van der Waals surface area contributed by atoms with E-state index in [4.69, 9.17) is 0 Å². The Morgan fingerprint density at radius 2 is 1.97 bits per heavy atom. The Morgan fingerprint density at radius 3 is 2.64 bits per heavy atom. The molecule has 2 N–H and O–H groups in total. The number of hydrogen-bond acceptors (Lipinski definition) is 5. The van der Waals surface area contributed by atoms with Gasteiger partial charge in [-0.1, -0.05) is 26.0 Å². The molecule has 33 heavy (non-hydrogen) atoms. The molecule has 1 fully saturated rings. The van der Waals surface area contributed by atoms with Gasteiger partial charge in [-0.05, 0) is 43.5 Å². The highest BCUT2D eigenvalue weighted by molar-refractivity contribution is 5.99. The summed E-state index contributed by atoms with van der Waals surface area (Å²) in [5.41, 5.74) is -0.413. The van der Waals surface area contributed by atoms with E-state index >= 15 is 0 Å². The van der Waals surface area contributed by atoms with Gasteiger partial charge in [-0.15, -0.1) is 0 Å². The van der Waals surface area contributed by atoms with Crippen molar-refractivity contribution in [2.24, 2.45) is 5.92 Å². The molecule has 1 aromatic heterocycles. The maximum Gasteiger partial charge on any atom is 0.276 e. The summed E-state index contributed by atoms with van der Waals surface area (Å²) in [5.74, 6) is -1.92. The van der Waals surface area contributed by atoms with Crippen LogP contribution < -0.4 is 10.7 Å². The molecule has 0 unspecified atom stereocenters. The first-order valence-electron chi connectivity index (χ1n) is 11.2. The molecule has 0 bridgehead atoms. The van der Waals surface area contributed by atoms with Crippen molar-refractivity contribution in [3.05, 3.63) is 63.3 Å². The normalized spacial score (nSPS) is 19.9. The van der Waals surface area contributed by atoms with Crippen LogP contribution in [0.2, 0.25) is 0 Å². The first kappa shape index (κ1) is 23.0. The number of pyridine rings is 1. The number of rotatable bonds is 5. The van der Waals surface area contributed by atoms with Crippen molar-refractivity contribution >= 4 is 11.8 Å². The smallest absolute Gasteiger partial charge is 0.276 e. The van der Waals surface area contributed by atoms with Crippen molar-refractivity contribution in [3.63, 3.8) is 0 Å². The van der Waals surface area contributed by atoms with E-state index in [1.165, 1.54) is 27.8 Å². The van der Waals surface area contributed by atoms with E-state index in [1.54, 1.807) is 17.0 Å². The average Bonchev–Trinajstić information content (AvgIpc) is 2.76. The van der Waals surface area contributed by atoms with Crippen molar-refractivity contribution in [2.45, 2.75) is 52.5 Å². The lowest BCUT2D eigenvalue weighted by Crippen LogP contribution is -2.62. The van der Waals surface area contributed by atoms with E-state index in [0.717, 1.165) is 18.5 Å². The molecule has 8 nitrogen and oxygen atoms in total. The number of nitrogens with one attached hydrogen (secondary N) is 1. The second-order valence-corrected chi connectivity index (χ2v) is 9.25. The Hall–Kier alpha value is -3.20. The number of carbonyl (C=O) groups excluding carboxylic acids is 2. The highest BCUT2D eigenvalue weighted by Gasteiger charge is 2.40. The standard InChI is InChI=1S/C24H29FN4O4/c1-14(2)10-28(11-16-4-6-17(25)7-5-16)23(32)18-12-27-13-19-26-9-8-15(3)29(19)24(33)20(27)22(31)21(18)30/h4-7,12,14-15,19,26,31H,8-11,13H2,1-3H3/t15-,19-/m0/s1. The van der Waals surface area contributed by atoms with Crippen LogP contribution in [-0.2, 0) is 13.1 Å². The summed E-state index contributed by atoms with van der Waals surface area (Å²) in [6.07, 6.45) is 1.88. The number of halogens is 1. The molecular formula is C24H29FN4O4. The molecule has 0 aliphatic carbocycles. The van der Waals surface area contributed by atoms with Crippen LogP contribution in [0.5, 0.6) is 5.75 Å². The highest BCUT2D eigenvalue weighted by atomic mass is 19.1. The third-order valence-corrected chi connectivity index (χ3v) is 6.21.